The number of rotatable bonds is 7. The number of hydrogen-bond donors (Lipinski definition) is 1. The van der Waals surface area contributed by atoms with Crippen molar-refractivity contribution in [2.24, 2.45) is 0 Å². The van der Waals surface area contributed by atoms with E-state index in [2.05, 4.69) is 55.5 Å². The first-order valence-electron chi connectivity index (χ1n) is 7.07. The van der Waals surface area contributed by atoms with Crippen LogP contribution in [0.25, 0.3) is 10.9 Å². The van der Waals surface area contributed by atoms with E-state index >= 15 is 0 Å². The minimum atomic E-state index is 0.888. The molecule has 0 saturated carbocycles. The predicted octanol–water partition coefficient (Wildman–Crippen LogP) is 3.00. The van der Waals surface area contributed by atoms with Crippen molar-refractivity contribution in [3.05, 3.63) is 35.9 Å². The van der Waals surface area contributed by atoms with E-state index in [1.807, 2.05) is 17.8 Å². The molecule has 20 heavy (non-hydrogen) atoms. The van der Waals surface area contributed by atoms with Gasteiger partial charge in [0.05, 0.1) is 5.52 Å². The van der Waals surface area contributed by atoms with Crippen molar-refractivity contribution >= 4 is 22.7 Å². The molecule has 0 atom stereocenters. The molecule has 0 aliphatic carbocycles. The standard InChI is InChI=1S/C16H23N3S/c1-4-17-12-14-11-13-7-5-6-8-15(13)18-16(14)20-10-9-19(2)3/h5-8,11,17H,4,9-10,12H2,1-3H3. The van der Waals surface area contributed by atoms with Gasteiger partial charge >= 0.3 is 0 Å². The topological polar surface area (TPSA) is 28.2 Å². The fourth-order valence-electron chi connectivity index (χ4n) is 1.98. The predicted molar refractivity (Wildman–Crippen MR) is 88.4 cm³/mol. The van der Waals surface area contributed by atoms with Crippen LogP contribution >= 0.6 is 11.8 Å². The summed E-state index contributed by atoms with van der Waals surface area (Å²) in [6, 6.07) is 10.6. The molecule has 108 valence electrons. The van der Waals surface area contributed by atoms with Crippen molar-refractivity contribution in [2.45, 2.75) is 18.5 Å². The second-order valence-electron chi connectivity index (χ2n) is 5.08. The van der Waals surface area contributed by atoms with Crippen molar-refractivity contribution in [3.8, 4) is 0 Å². The SMILES string of the molecule is CCNCc1cc2ccccc2nc1SCCN(C)C. The van der Waals surface area contributed by atoms with Gasteiger partial charge in [0.1, 0.15) is 5.03 Å². The lowest BCUT2D eigenvalue weighted by Gasteiger charge is -2.12. The molecule has 1 aromatic heterocycles. The second kappa shape index (κ2) is 7.62. The zero-order chi connectivity index (χ0) is 14.4. The Hall–Kier alpha value is -1.10. The smallest absolute Gasteiger partial charge is 0.101 e. The van der Waals surface area contributed by atoms with E-state index in [0.717, 1.165) is 35.9 Å². The molecule has 0 bridgehead atoms. The van der Waals surface area contributed by atoms with Gasteiger partial charge in [-0.3, -0.25) is 0 Å². The molecule has 0 amide bonds. The first kappa shape index (κ1) is 15.3. The van der Waals surface area contributed by atoms with Gasteiger partial charge in [-0.05, 0) is 38.3 Å². The molecule has 0 saturated heterocycles. The number of hydrogen-bond acceptors (Lipinski definition) is 4. The third-order valence-corrected chi connectivity index (χ3v) is 4.12. The van der Waals surface area contributed by atoms with Crippen LogP contribution in [-0.4, -0.2) is 42.8 Å². The molecule has 4 heteroatoms. The molecular formula is C16H23N3S. The molecule has 0 aliphatic rings. The van der Waals surface area contributed by atoms with Crippen LogP contribution < -0.4 is 5.32 Å². The number of nitrogens with zero attached hydrogens (tertiary/aromatic N) is 2. The Morgan fingerprint density at radius 2 is 2.05 bits per heavy atom. The number of thioether (sulfide) groups is 1. The Balaban J connectivity index is 2.23. The van der Waals surface area contributed by atoms with Gasteiger partial charge in [-0.1, -0.05) is 25.1 Å². The van der Waals surface area contributed by atoms with Crippen molar-refractivity contribution in [1.82, 2.24) is 15.2 Å². The van der Waals surface area contributed by atoms with Crippen LogP contribution in [0.2, 0.25) is 0 Å². The lowest BCUT2D eigenvalue weighted by molar-refractivity contribution is 0.437. The van der Waals surface area contributed by atoms with Gasteiger partial charge in [0, 0.05) is 24.2 Å². The molecule has 1 heterocycles. The highest BCUT2D eigenvalue weighted by Gasteiger charge is 2.07. The summed E-state index contributed by atoms with van der Waals surface area (Å²) >= 11 is 1.85. The Bertz CT molecular complexity index is 554. The van der Waals surface area contributed by atoms with E-state index in [0.29, 0.717) is 0 Å². The highest BCUT2D eigenvalue weighted by Crippen LogP contribution is 2.25. The Labute approximate surface area is 125 Å². The molecule has 1 N–H and O–H groups in total. The maximum atomic E-state index is 4.83. The van der Waals surface area contributed by atoms with Gasteiger partial charge in [0.2, 0.25) is 0 Å². The molecule has 0 fully saturated rings. The van der Waals surface area contributed by atoms with Gasteiger partial charge in [-0.25, -0.2) is 4.98 Å². The minimum Gasteiger partial charge on any atom is -0.313 e. The number of benzene rings is 1. The van der Waals surface area contributed by atoms with Crippen LogP contribution in [0.3, 0.4) is 0 Å². The molecule has 0 spiro atoms. The zero-order valence-corrected chi connectivity index (χ0v) is 13.3. The molecule has 0 unspecified atom stereocenters. The fraction of sp³-hybridized carbons (Fsp3) is 0.438. The summed E-state index contributed by atoms with van der Waals surface area (Å²) in [5.74, 6) is 1.07. The molecule has 1 aromatic carbocycles. The van der Waals surface area contributed by atoms with Crippen LogP contribution in [0.4, 0.5) is 0 Å². The highest BCUT2D eigenvalue weighted by molar-refractivity contribution is 7.99. The highest BCUT2D eigenvalue weighted by atomic mass is 32.2. The third kappa shape index (κ3) is 4.20. The monoisotopic (exact) mass is 289 g/mol. The van der Waals surface area contributed by atoms with Crippen LogP contribution in [0, 0.1) is 0 Å². The largest absolute Gasteiger partial charge is 0.313 e. The van der Waals surface area contributed by atoms with Gasteiger partial charge in [0.25, 0.3) is 0 Å². The lowest BCUT2D eigenvalue weighted by atomic mass is 10.1. The summed E-state index contributed by atoms with van der Waals surface area (Å²) in [6.45, 7) is 5.07. The van der Waals surface area contributed by atoms with Crippen molar-refractivity contribution in [2.75, 3.05) is 32.9 Å². The Morgan fingerprint density at radius 3 is 2.80 bits per heavy atom. The normalized spacial score (nSPS) is 11.4. The lowest BCUT2D eigenvalue weighted by Crippen LogP contribution is -2.16. The van der Waals surface area contributed by atoms with Crippen LogP contribution in [0.1, 0.15) is 12.5 Å². The minimum absolute atomic E-state index is 0.888. The second-order valence-corrected chi connectivity index (χ2v) is 6.16. The summed E-state index contributed by atoms with van der Waals surface area (Å²) in [7, 11) is 4.21. The average molecular weight is 289 g/mol. The average Bonchev–Trinajstić information content (AvgIpc) is 2.44. The number of nitrogens with one attached hydrogen (secondary N) is 1. The first-order chi connectivity index (χ1) is 9.70. The zero-order valence-electron chi connectivity index (χ0n) is 12.5. The van der Waals surface area contributed by atoms with E-state index in [1.165, 1.54) is 10.9 Å². The van der Waals surface area contributed by atoms with Crippen LogP contribution in [0.15, 0.2) is 35.4 Å². The Morgan fingerprint density at radius 1 is 1.25 bits per heavy atom. The van der Waals surface area contributed by atoms with Gasteiger partial charge < -0.3 is 10.2 Å². The van der Waals surface area contributed by atoms with Crippen LogP contribution in [0.5, 0.6) is 0 Å². The number of para-hydroxylation sites is 1. The fourth-order valence-corrected chi connectivity index (χ4v) is 3.11. The van der Waals surface area contributed by atoms with E-state index < -0.39 is 0 Å². The molecule has 3 nitrogen and oxygen atoms in total. The van der Waals surface area contributed by atoms with Gasteiger partial charge in [-0.2, -0.15) is 0 Å². The summed E-state index contributed by atoms with van der Waals surface area (Å²) in [5.41, 5.74) is 2.38. The quantitative estimate of drug-likeness (QED) is 0.793. The van der Waals surface area contributed by atoms with E-state index in [9.17, 15) is 0 Å². The first-order valence-corrected chi connectivity index (χ1v) is 8.06. The number of fused-ring (bicyclic) bond motifs is 1. The Kier molecular flexibility index (Phi) is 5.83. The summed E-state index contributed by atoms with van der Waals surface area (Å²) in [6.07, 6.45) is 0. The van der Waals surface area contributed by atoms with E-state index in [-0.39, 0.29) is 0 Å². The molecular weight excluding hydrogens is 266 g/mol. The van der Waals surface area contributed by atoms with Gasteiger partial charge in [0.15, 0.2) is 0 Å². The van der Waals surface area contributed by atoms with Crippen LogP contribution in [-0.2, 0) is 6.54 Å². The third-order valence-electron chi connectivity index (χ3n) is 3.11. The van der Waals surface area contributed by atoms with E-state index in [1.54, 1.807) is 0 Å². The number of pyridine rings is 1. The summed E-state index contributed by atoms with van der Waals surface area (Å²) in [4.78, 5) is 7.04. The van der Waals surface area contributed by atoms with Crippen molar-refractivity contribution < 1.29 is 0 Å². The number of aromatic nitrogens is 1. The van der Waals surface area contributed by atoms with Crippen molar-refractivity contribution in [3.63, 3.8) is 0 Å². The summed E-state index contributed by atoms with van der Waals surface area (Å²) in [5, 5.41) is 5.78. The van der Waals surface area contributed by atoms with E-state index in [4.69, 9.17) is 4.98 Å². The molecule has 2 rings (SSSR count). The molecule has 0 radical (unpaired) electrons. The van der Waals surface area contributed by atoms with Crippen molar-refractivity contribution in [1.29, 1.82) is 0 Å². The molecule has 2 aromatic rings. The van der Waals surface area contributed by atoms with Gasteiger partial charge in [-0.15, -0.1) is 11.8 Å². The summed E-state index contributed by atoms with van der Waals surface area (Å²) < 4.78 is 0. The maximum Gasteiger partial charge on any atom is 0.101 e. The molecule has 0 aliphatic heterocycles. The maximum absolute atomic E-state index is 4.83.